The zero-order valence-corrected chi connectivity index (χ0v) is 15.6. The smallest absolute Gasteiger partial charge is 0.267 e. The summed E-state index contributed by atoms with van der Waals surface area (Å²) in [5.41, 5.74) is 4.08. The molecule has 3 rings (SSSR count). The highest BCUT2D eigenvalue weighted by atomic mass is 16.6. The quantitative estimate of drug-likeness (QED) is 0.802. The molecule has 0 saturated carbocycles. The van der Waals surface area contributed by atoms with Gasteiger partial charge in [0, 0.05) is 39.3 Å². The van der Waals surface area contributed by atoms with Gasteiger partial charge in [-0.2, -0.15) is 0 Å². The van der Waals surface area contributed by atoms with Crippen LogP contribution in [0.15, 0.2) is 59.8 Å². The number of anilines is 1. The molecule has 1 aliphatic heterocycles. The Balaban J connectivity index is 1.63. The summed E-state index contributed by atoms with van der Waals surface area (Å²) in [7, 11) is 4.03. The number of oxime groups is 1. The molecule has 26 heavy (non-hydrogen) atoms. The lowest BCUT2D eigenvalue weighted by atomic mass is 10.0. The van der Waals surface area contributed by atoms with Crippen LogP contribution in [0.3, 0.4) is 0 Å². The first-order valence-electron chi connectivity index (χ1n) is 8.91. The van der Waals surface area contributed by atoms with Crippen LogP contribution in [0.4, 0.5) is 5.69 Å². The van der Waals surface area contributed by atoms with Gasteiger partial charge >= 0.3 is 0 Å². The molecular weight excluding hydrogens is 326 g/mol. The minimum absolute atomic E-state index is 0.0149. The Hall–Kier alpha value is -2.82. The Morgan fingerprint density at radius 1 is 1.12 bits per heavy atom. The maximum Gasteiger partial charge on any atom is 0.267 e. The zero-order chi connectivity index (χ0) is 18.5. The van der Waals surface area contributed by atoms with Gasteiger partial charge in [-0.3, -0.25) is 4.79 Å². The number of nitrogens with zero attached hydrogens (tertiary/aromatic N) is 3. The largest absolute Gasteiger partial charge is 0.382 e. The molecule has 0 spiro atoms. The van der Waals surface area contributed by atoms with Crippen molar-refractivity contribution in [1.29, 1.82) is 0 Å². The summed E-state index contributed by atoms with van der Waals surface area (Å²) in [4.78, 5) is 22.2. The summed E-state index contributed by atoms with van der Waals surface area (Å²) in [6.45, 7) is 3.19. The Bertz CT molecular complexity index is 770. The fraction of sp³-hybridized carbons (Fsp3) is 0.333. The van der Waals surface area contributed by atoms with Gasteiger partial charge in [0.2, 0.25) is 6.10 Å². The second-order valence-corrected chi connectivity index (χ2v) is 6.62. The Morgan fingerprint density at radius 3 is 2.42 bits per heavy atom. The summed E-state index contributed by atoms with van der Waals surface area (Å²) in [5, 5.41) is 4.13. The Morgan fingerprint density at radius 2 is 1.81 bits per heavy atom. The fourth-order valence-electron chi connectivity index (χ4n) is 2.98. The van der Waals surface area contributed by atoms with E-state index < -0.39 is 6.10 Å². The summed E-state index contributed by atoms with van der Waals surface area (Å²) in [6.07, 6.45) is -0.0231. The summed E-state index contributed by atoms with van der Waals surface area (Å²) in [5.74, 6) is -0.0149. The zero-order valence-electron chi connectivity index (χ0n) is 15.6. The molecule has 2 aromatic carbocycles. The molecule has 1 atom stereocenters. The van der Waals surface area contributed by atoms with E-state index >= 15 is 0 Å². The number of carbonyl (C=O) groups is 1. The third kappa shape index (κ3) is 4.04. The molecule has 0 radical (unpaired) electrons. The number of rotatable bonds is 6. The molecule has 1 unspecified atom stereocenters. The van der Waals surface area contributed by atoms with E-state index in [2.05, 4.69) is 34.3 Å². The molecule has 0 N–H and O–H groups in total. The van der Waals surface area contributed by atoms with Crippen LogP contribution in [0.1, 0.15) is 24.5 Å². The number of amides is 1. The molecular formula is C21H25N3O2. The van der Waals surface area contributed by atoms with E-state index in [1.165, 1.54) is 0 Å². The maximum atomic E-state index is 12.9. The third-order valence-electron chi connectivity index (χ3n) is 4.57. The molecule has 5 nitrogen and oxygen atoms in total. The average molecular weight is 351 g/mol. The number of likely N-dealkylation sites (N-methyl/N-ethyl adjacent to an activating group) is 1. The molecule has 0 saturated heterocycles. The number of hydrogen-bond donors (Lipinski definition) is 0. The molecule has 1 amide bonds. The van der Waals surface area contributed by atoms with Crippen LogP contribution < -0.4 is 4.90 Å². The molecule has 1 heterocycles. The van der Waals surface area contributed by atoms with Gasteiger partial charge < -0.3 is 14.6 Å². The lowest BCUT2D eigenvalue weighted by molar-refractivity contribution is -0.142. The van der Waals surface area contributed by atoms with Crippen LogP contribution in [0, 0.1) is 0 Å². The SMILES string of the molecule is CCN(Cc1ccc(N(C)C)cc1)C(=O)C1CC(c2ccccc2)=NO1. The van der Waals surface area contributed by atoms with E-state index in [4.69, 9.17) is 4.84 Å². The predicted molar refractivity (Wildman–Crippen MR) is 104 cm³/mol. The first kappa shape index (κ1) is 18.0. The van der Waals surface area contributed by atoms with Crippen LogP contribution in [0.5, 0.6) is 0 Å². The molecule has 0 fully saturated rings. The highest BCUT2D eigenvalue weighted by molar-refractivity contribution is 6.04. The van der Waals surface area contributed by atoms with Crippen molar-refractivity contribution in [3.8, 4) is 0 Å². The lowest BCUT2D eigenvalue weighted by Gasteiger charge is -2.23. The first-order chi connectivity index (χ1) is 12.6. The van der Waals surface area contributed by atoms with Crippen molar-refractivity contribution in [2.24, 2.45) is 5.16 Å². The fourth-order valence-corrected chi connectivity index (χ4v) is 2.98. The number of hydrogen-bond acceptors (Lipinski definition) is 4. The van der Waals surface area contributed by atoms with Gasteiger partial charge in [-0.25, -0.2) is 0 Å². The Labute approximate surface area is 154 Å². The van der Waals surface area contributed by atoms with Gasteiger partial charge in [-0.1, -0.05) is 47.6 Å². The van der Waals surface area contributed by atoms with Gasteiger partial charge in [0.15, 0.2) is 0 Å². The standard InChI is InChI=1S/C21H25N3O2/c1-4-24(15-16-10-12-18(13-11-16)23(2)3)21(25)20-14-19(22-26-20)17-8-6-5-7-9-17/h5-13,20H,4,14-15H2,1-3H3. The normalized spacial score (nSPS) is 16.0. The second kappa shape index (κ2) is 8.04. The van der Waals surface area contributed by atoms with Gasteiger partial charge in [0.05, 0.1) is 5.71 Å². The molecule has 1 aliphatic rings. The van der Waals surface area contributed by atoms with Crippen molar-refractivity contribution >= 4 is 17.3 Å². The first-order valence-corrected chi connectivity index (χ1v) is 8.91. The van der Waals surface area contributed by atoms with Crippen LogP contribution in [0.25, 0.3) is 0 Å². The average Bonchev–Trinajstić information content (AvgIpc) is 3.17. The topological polar surface area (TPSA) is 45.1 Å². The van der Waals surface area contributed by atoms with Gasteiger partial charge in [-0.15, -0.1) is 0 Å². The van der Waals surface area contributed by atoms with E-state index in [9.17, 15) is 4.79 Å². The molecule has 0 aromatic heterocycles. The van der Waals surface area contributed by atoms with Gasteiger partial charge in [-0.05, 0) is 30.2 Å². The third-order valence-corrected chi connectivity index (χ3v) is 4.57. The summed E-state index contributed by atoms with van der Waals surface area (Å²) >= 11 is 0. The minimum Gasteiger partial charge on any atom is -0.382 e. The van der Waals surface area contributed by atoms with E-state index in [-0.39, 0.29) is 5.91 Å². The molecule has 5 heteroatoms. The number of carbonyl (C=O) groups excluding carboxylic acids is 1. The van der Waals surface area contributed by atoms with Crippen molar-refractivity contribution in [2.45, 2.75) is 26.0 Å². The van der Waals surface area contributed by atoms with Crippen molar-refractivity contribution < 1.29 is 9.63 Å². The van der Waals surface area contributed by atoms with Crippen molar-refractivity contribution in [2.75, 3.05) is 25.5 Å². The molecule has 136 valence electrons. The van der Waals surface area contributed by atoms with Gasteiger partial charge in [0.25, 0.3) is 5.91 Å². The summed E-state index contributed by atoms with van der Waals surface area (Å²) < 4.78 is 0. The van der Waals surface area contributed by atoms with E-state index in [0.717, 1.165) is 22.5 Å². The van der Waals surface area contributed by atoms with E-state index in [1.807, 2.05) is 56.3 Å². The van der Waals surface area contributed by atoms with Crippen LogP contribution in [-0.2, 0) is 16.2 Å². The maximum absolute atomic E-state index is 12.9. The second-order valence-electron chi connectivity index (χ2n) is 6.62. The summed E-state index contributed by atoms with van der Waals surface area (Å²) in [6, 6.07) is 18.1. The van der Waals surface area contributed by atoms with Crippen LogP contribution in [0.2, 0.25) is 0 Å². The monoisotopic (exact) mass is 351 g/mol. The molecule has 0 aliphatic carbocycles. The Kier molecular flexibility index (Phi) is 5.56. The van der Waals surface area contributed by atoms with E-state index in [0.29, 0.717) is 19.5 Å². The van der Waals surface area contributed by atoms with Gasteiger partial charge in [0.1, 0.15) is 0 Å². The van der Waals surface area contributed by atoms with E-state index in [1.54, 1.807) is 0 Å². The lowest BCUT2D eigenvalue weighted by Crippen LogP contribution is -2.38. The van der Waals surface area contributed by atoms with Crippen molar-refractivity contribution in [1.82, 2.24) is 4.90 Å². The highest BCUT2D eigenvalue weighted by Gasteiger charge is 2.31. The highest BCUT2D eigenvalue weighted by Crippen LogP contribution is 2.20. The molecule has 0 bridgehead atoms. The van der Waals surface area contributed by atoms with Crippen LogP contribution >= 0.6 is 0 Å². The van der Waals surface area contributed by atoms with Crippen molar-refractivity contribution in [3.05, 3.63) is 65.7 Å². The minimum atomic E-state index is -0.536. The molecule has 2 aromatic rings. The predicted octanol–water partition coefficient (Wildman–Crippen LogP) is 3.29. The number of benzene rings is 2. The van der Waals surface area contributed by atoms with Crippen LogP contribution in [-0.4, -0.2) is 43.3 Å². The van der Waals surface area contributed by atoms with Crippen molar-refractivity contribution in [3.63, 3.8) is 0 Å².